The molecule has 0 unspecified atom stereocenters. The Labute approximate surface area is 111 Å². The summed E-state index contributed by atoms with van der Waals surface area (Å²) in [6.45, 7) is 14.7. The second-order valence-electron chi connectivity index (χ2n) is 7.00. The third kappa shape index (κ3) is 2.86. The summed E-state index contributed by atoms with van der Waals surface area (Å²) in [7, 11) is 0. The molecular weight excluding hydrogens is 220 g/mol. The van der Waals surface area contributed by atoms with Crippen LogP contribution < -0.4 is 10.2 Å². The quantitative estimate of drug-likeness (QED) is 0.818. The van der Waals surface area contributed by atoms with E-state index in [1.165, 1.54) is 11.3 Å². The molecule has 0 bridgehead atoms. The van der Waals surface area contributed by atoms with E-state index in [-0.39, 0.29) is 5.54 Å². The van der Waals surface area contributed by atoms with Gasteiger partial charge in [0.05, 0.1) is 0 Å². The third-order valence-electron chi connectivity index (χ3n) is 3.82. The maximum Gasteiger partial charge on any atom is 0.0470 e. The molecular formula is C16H26N2. The number of nitrogens with one attached hydrogen (secondary N) is 1. The first-order valence-corrected chi connectivity index (χ1v) is 6.85. The van der Waals surface area contributed by atoms with E-state index in [9.17, 15) is 0 Å². The first kappa shape index (κ1) is 13.4. The molecule has 0 atom stereocenters. The van der Waals surface area contributed by atoms with Gasteiger partial charge in [0.1, 0.15) is 0 Å². The fraction of sp³-hybridized carbons (Fsp3) is 0.625. The lowest BCUT2D eigenvalue weighted by molar-refractivity contribution is 0.365. The number of nitrogens with zero attached hydrogens (tertiary/aromatic N) is 1. The normalized spacial score (nSPS) is 22.6. The average molecular weight is 246 g/mol. The lowest BCUT2D eigenvalue weighted by Crippen LogP contribution is -2.49. The van der Waals surface area contributed by atoms with Gasteiger partial charge in [-0.25, -0.2) is 0 Å². The van der Waals surface area contributed by atoms with E-state index in [4.69, 9.17) is 0 Å². The van der Waals surface area contributed by atoms with Gasteiger partial charge in [0.15, 0.2) is 0 Å². The highest BCUT2D eigenvalue weighted by atomic mass is 15.2. The zero-order chi connectivity index (χ0) is 13.4. The largest absolute Gasteiger partial charge is 0.365 e. The Kier molecular flexibility index (Phi) is 3.41. The first-order valence-electron chi connectivity index (χ1n) is 6.85. The predicted molar refractivity (Wildman–Crippen MR) is 79.3 cm³/mol. The highest BCUT2D eigenvalue weighted by Crippen LogP contribution is 2.31. The summed E-state index contributed by atoms with van der Waals surface area (Å²) in [4.78, 5) is 2.55. The molecule has 1 heterocycles. The van der Waals surface area contributed by atoms with E-state index in [0.29, 0.717) is 5.41 Å². The highest BCUT2D eigenvalue weighted by molar-refractivity contribution is 5.50. The smallest absolute Gasteiger partial charge is 0.0470 e. The summed E-state index contributed by atoms with van der Waals surface area (Å²) in [5, 5.41) is 3.60. The summed E-state index contributed by atoms with van der Waals surface area (Å²) in [6.07, 6.45) is 0. The van der Waals surface area contributed by atoms with Gasteiger partial charge in [-0.05, 0) is 38.3 Å². The van der Waals surface area contributed by atoms with E-state index in [1.807, 2.05) is 0 Å². The maximum absolute atomic E-state index is 3.60. The van der Waals surface area contributed by atoms with Crippen LogP contribution in [-0.2, 0) is 0 Å². The number of hydrogen-bond donors (Lipinski definition) is 1. The molecule has 0 spiro atoms. The molecule has 1 aromatic carbocycles. The Morgan fingerprint density at radius 2 is 1.61 bits per heavy atom. The van der Waals surface area contributed by atoms with Crippen molar-refractivity contribution in [3.63, 3.8) is 0 Å². The van der Waals surface area contributed by atoms with Crippen LogP contribution in [0.4, 0.5) is 5.69 Å². The van der Waals surface area contributed by atoms with Gasteiger partial charge in [0, 0.05) is 30.9 Å². The first-order chi connectivity index (χ1) is 8.30. The number of benzene rings is 1. The van der Waals surface area contributed by atoms with E-state index >= 15 is 0 Å². The number of aryl methyl sites for hydroxylation is 1. The van der Waals surface area contributed by atoms with Crippen molar-refractivity contribution < 1.29 is 0 Å². The Morgan fingerprint density at radius 3 is 2.22 bits per heavy atom. The lowest BCUT2D eigenvalue weighted by Gasteiger charge is -2.41. The van der Waals surface area contributed by atoms with Crippen LogP contribution in [0.2, 0.25) is 0 Å². The van der Waals surface area contributed by atoms with Gasteiger partial charge in [-0.15, -0.1) is 0 Å². The molecule has 1 aromatic rings. The van der Waals surface area contributed by atoms with E-state index < -0.39 is 0 Å². The maximum atomic E-state index is 3.60. The SMILES string of the molecule is Cc1ccc(N2CC(C)(C)CNCC2(C)C)cc1. The second kappa shape index (κ2) is 4.58. The van der Waals surface area contributed by atoms with Crippen LogP contribution in [0.25, 0.3) is 0 Å². The van der Waals surface area contributed by atoms with Crippen molar-refractivity contribution in [1.82, 2.24) is 5.32 Å². The summed E-state index contributed by atoms with van der Waals surface area (Å²) < 4.78 is 0. The van der Waals surface area contributed by atoms with Crippen LogP contribution in [-0.4, -0.2) is 25.2 Å². The van der Waals surface area contributed by atoms with Gasteiger partial charge in [0.25, 0.3) is 0 Å². The summed E-state index contributed by atoms with van der Waals surface area (Å²) >= 11 is 0. The third-order valence-corrected chi connectivity index (χ3v) is 3.82. The Balaban J connectivity index is 2.34. The van der Waals surface area contributed by atoms with Gasteiger partial charge >= 0.3 is 0 Å². The molecule has 0 amide bonds. The standard InChI is InChI=1S/C16H26N2/c1-13-6-8-14(9-7-13)18-12-15(2,3)10-17-11-16(18,4)5/h6-9,17H,10-12H2,1-5H3. The molecule has 0 aromatic heterocycles. The molecule has 1 fully saturated rings. The van der Waals surface area contributed by atoms with E-state index in [1.54, 1.807) is 0 Å². The molecule has 2 nitrogen and oxygen atoms in total. The topological polar surface area (TPSA) is 15.3 Å². The summed E-state index contributed by atoms with van der Waals surface area (Å²) in [6, 6.07) is 8.91. The summed E-state index contributed by atoms with van der Waals surface area (Å²) in [5.41, 5.74) is 3.12. The monoisotopic (exact) mass is 246 g/mol. The van der Waals surface area contributed by atoms with Crippen molar-refractivity contribution >= 4 is 5.69 Å². The fourth-order valence-corrected chi connectivity index (χ4v) is 2.67. The van der Waals surface area contributed by atoms with Gasteiger partial charge in [-0.1, -0.05) is 31.5 Å². The lowest BCUT2D eigenvalue weighted by atomic mass is 9.91. The van der Waals surface area contributed by atoms with Gasteiger partial charge in [-0.2, -0.15) is 0 Å². The van der Waals surface area contributed by atoms with Crippen molar-refractivity contribution in [2.24, 2.45) is 5.41 Å². The molecule has 0 radical (unpaired) electrons. The number of hydrogen-bond acceptors (Lipinski definition) is 2. The molecule has 1 saturated heterocycles. The van der Waals surface area contributed by atoms with Crippen LogP contribution in [0.15, 0.2) is 24.3 Å². The Hall–Kier alpha value is -1.02. The van der Waals surface area contributed by atoms with Crippen molar-refractivity contribution in [2.75, 3.05) is 24.5 Å². The van der Waals surface area contributed by atoms with E-state index in [2.05, 4.69) is 69.1 Å². The molecule has 0 saturated carbocycles. The highest BCUT2D eigenvalue weighted by Gasteiger charge is 2.35. The van der Waals surface area contributed by atoms with Crippen molar-refractivity contribution in [3.05, 3.63) is 29.8 Å². The van der Waals surface area contributed by atoms with Crippen LogP contribution in [0.5, 0.6) is 0 Å². The minimum absolute atomic E-state index is 0.156. The van der Waals surface area contributed by atoms with Crippen molar-refractivity contribution in [3.8, 4) is 0 Å². The molecule has 1 aliphatic heterocycles. The molecule has 0 aliphatic carbocycles. The molecule has 100 valence electrons. The number of rotatable bonds is 1. The molecule has 2 heteroatoms. The predicted octanol–water partition coefficient (Wildman–Crippen LogP) is 3.21. The number of anilines is 1. The minimum atomic E-state index is 0.156. The zero-order valence-electron chi connectivity index (χ0n) is 12.4. The van der Waals surface area contributed by atoms with Gasteiger partial charge < -0.3 is 10.2 Å². The van der Waals surface area contributed by atoms with Gasteiger partial charge in [-0.3, -0.25) is 0 Å². The van der Waals surface area contributed by atoms with Crippen LogP contribution in [0, 0.1) is 12.3 Å². The minimum Gasteiger partial charge on any atom is -0.365 e. The Bertz CT molecular complexity index is 404. The Morgan fingerprint density at radius 1 is 1.00 bits per heavy atom. The van der Waals surface area contributed by atoms with Gasteiger partial charge in [0.2, 0.25) is 0 Å². The fourth-order valence-electron chi connectivity index (χ4n) is 2.67. The van der Waals surface area contributed by atoms with E-state index in [0.717, 1.165) is 19.6 Å². The molecule has 18 heavy (non-hydrogen) atoms. The zero-order valence-corrected chi connectivity index (χ0v) is 12.4. The van der Waals surface area contributed by atoms with Crippen LogP contribution >= 0.6 is 0 Å². The molecule has 1 aliphatic rings. The second-order valence-corrected chi connectivity index (χ2v) is 7.00. The van der Waals surface area contributed by atoms with Crippen LogP contribution in [0.3, 0.4) is 0 Å². The average Bonchev–Trinajstić information content (AvgIpc) is 2.36. The molecule has 2 rings (SSSR count). The van der Waals surface area contributed by atoms with Crippen molar-refractivity contribution in [1.29, 1.82) is 0 Å². The molecule has 1 N–H and O–H groups in total. The van der Waals surface area contributed by atoms with Crippen molar-refractivity contribution in [2.45, 2.75) is 40.2 Å². The summed E-state index contributed by atoms with van der Waals surface area (Å²) in [5.74, 6) is 0. The van der Waals surface area contributed by atoms with Crippen LogP contribution in [0.1, 0.15) is 33.3 Å².